The summed E-state index contributed by atoms with van der Waals surface area (Å²) < 4.78 is 0. The molecule has 1 saturated carbocycles. The predicted octanol–water partition coefficient (Wildman–Crippen LogP) is 1.86. The number of carbonyl (C=O) groups is 2. The molecule has 3 unspecified atom stereocenters. The fourth-order valence-electron chi connectivity index (χ4n) is 3.87. The Morgan fingerprint density at radius 1 is 1.30 bits per heavy atom. The molecule has 0 radical (unpaired) electrons. The second-order valence-electron chi connectivity index (χ2n) is 6.02. The Bertz CT molecular complexity index is 450. The van der Waals surface area contributed by atoms with Crippen molar-refractivity contribution < 1.29 is 14.7 Å². The summed E-state index contributed by atoms with van der Waals surface area (Å²) >= 11 is 1.93. The van der Waals surface area contributed by atoms with E-state index in [-0.39, 0.29) is 23.7 Å². The van der Waals surface area contributed by atoms with E-state index in [4.69, 9.17) is 0 Å². The Kier molecular flexibility index (Phi) is 3.80. The number of hydrogen-bond donors (Lipinski definition) is 1. The average molecular weight is 295 g/mol. The van der Waals surface area contributed by atoms with Gasteiger partial charge in [-0.2, -0.15) is 11.8 Å². The minimum Gasteiger partial charge on any atom is -0.481 e. The number of thioether (sulfide) groups is 1. The van der Waals surface area contributed by atoms with E-state index in [1.165, 1.54) is 0 Å². The molecule has 0 aromatic rings. The zero-order chi connectivity index (χ0) is 14.3. The lowest BCUT2D eigenvalue weighted by molar-refractivity contribution is -0.151. The molecule has 1 amide bonds. The first-order chi connectivity index (χ1) is 9.61. The highest BCUT2D eigenvalue weighted by Gasteiger charge is 2.52. The highest BCUT2D eigenvalue weighted by Crippen LogP contribution is 2.49. The van der Waals surface area contributed by atoms with Crippen molar-refractivity contribution in [2.45, 2.75) is 25.0 Å². The Morgan fingerprint density at radius 3 is 2.65 bits per heavy atom. The second-order valence-corrected chi connectivity index (χ2v) is 7.43. The van der Waals surface area contributed by atoms with Crippen LogP contribution < -0.4 is 0 Å². The largest absolute Gasteiger partial charge is 0.481 e. The van der Waals surface area contributed by atoms with Crippen LogP contribution in [0, 0.1) is 23.7 Å². The van der Waals surface area contributed by atoms with Crippen LogP contribution in [0.1, 0.15) is 19.8 Å². The maximum atomic E-state index is 12.8. The monoisotopic (exact) mass is 295 g/mol. The van der Waals surface area contributed by atoms with Crippen LogP contribution in [0.3, 0.4) is 0 Å². The predicted molar refractivity (Wildman–Crippen MR) is 78.5 cm³/mol. The van der Waals surface area contributed by atoms with Crippen molar-refractivity contribution in [1.82, 2.24) is 4.90 Å². The van der Waals surface area contributed by atoms with Gasteiger partial charge in [0.05, 0.1) is 11.8 Å². The van der Waals surface area contributed by atoms with Crippen LogP contribution in [0.15, 0.2) is 12.2 Å². The third-order valence-corrected chi connectivity index (χ3v) is 6.31. The van der Waals surface area contributed by atoms with Crippen molar-refractivity contribution >= 4 is 23.6 Å². The van der Waals surface area contributed by atoms with Gasteiger partial charge in [0.25, 0.3) is 0 Å². The Labute approximate surface area is 123 Å². The van der Waals surface area contributed by atoms with Crippen molar-refractivity contribution in [3.63, 3.8) is 0 Å². The molecule has 1 saturated heterocycles. The summed E-state index contributed by atoms with van der Waals surface area (Å²) in [6.45, 7) is 3.69. The van der Waals surface area contributed by atoms with Crippen LogP contribution in [0.4, 0.5) is 0 Å². The number of rotatable bonds is 3. The van der Waals surface area contributed by atoms with Crippen molar-refractivity contribution in [1.29, 1.82) is 0 Å². The minimum atomic E-state index is -0.807. The summed E-state index contributed by atoms with van der Waals surface area (Å²) in [5.74, 6) is -0.392. The number of hydrogen-bond acceptors (Lipinski definition) is 3. The van der Waals surface area contributed by atoms with Crippen LogP contribution >= 0.6 is 11.8 Å². The van der Waals surface area contributed by atoms with E-state index in [1.807, 2.05) is 22.7 Å². The summed E-state index contributed by atoms with van der Waals surface area (Å²) in [6, 6.07) is 0. The molecule has 110 valence electrons. The molecule has 1 heterocycles. The zero-order valence-corrected chi connectivity index (χ0v) is 12.5. The van der Waals surface area contributed by atoms with Crippen LogP contribution in [0.2, 0.25) is 0 Å². The second kappa shape index (κ2) is 5.43. The summed E-state index contributed by atoms with van der Waals surface area (Å²) in [4.78, 5) is 26.2. The molecule has 3 aliphatic rings. The minimum absolute atomic E-state index is 0.0626. The van der Waals surface area contributed by atoms with E-state index in [2.05, 4.69) is 13.0 Å². The molecule has 2 bridgehead atoms. The number of nitrogens with zero attached hydrogens (tertiary/aromatic N) is 1. The van der Waals surface area contributed by atoms with E-state index < -0.39 is 11.9 Å². The van der Waals surface area contributed by atoms with E-state index in [0.29, 0.717) is 5.25 Å². The maximum Gasteiger partial charge on any atom is 0.307 e. The normalized spacial score (nSPS) is 39.2. The van der Waals surface area contributed by atoms with Gasteiger partial charge in [-0.15, -0.1) is 0 Å². The third-order valence-electron chi connectivity index (χ3n) is 4.94. The molecule has 4 nitrogen and oxygen atoms in total. The first-order valence-corrected chi connectivity index (χ1v) is 8.48. The van der Waals surface area contributed by atoms with Crippen LogP contribution in [0.25, 0.3) is 0 Å². The van der Waals surface area contributed by atoms with Gasteiger partial charge in [0.2, 0.25) is 5.91 Å². The maximum absolute atomic E-state index is 12.8. The fourth-order valence-corrected chi connectivity index (χ4v) is 5.05. The Morgan fingerprint density at radius 2 is 2.00 bits per heavy atom. The van der Waals surface area contributed by atoms with Crippen molar-refractivity contribution in [2.24, 2.45) is 23.7 Å². The SMILES string of the molecule is CCC1CN(C(=O)[C@H]2C3C=CC(C3)[C@H]2C(=O)O)CCS1. The number of carboxylic acids is 1. The first kappa shape index (κ1) is 14.0. The fraction of sp³-hybridized carbons (Fsp3) is 0.733. The lowest BCUT2D eigenvalue weighted by Gasteiger charge is -2.36. The van der Waals surface area contributed by atoms with Gasteiger partial charge in [-0.1, -0.05) is 19.1 Å². The average Bonchev–Trinajstić information content (AvgIpc) is 3.07. The van der Waals surface area contributed by atoms with Crippen molar-refractivity contribution in [2.75, 3.05) is 18.8 Å². The van der Waals surface area contributed by atoms with Gasteiger partial charge in [0, 0.05) is 24.1 Å². The summed E-state index contributed by atoms with van der Waals surface area (Å²) in [5, 5.41) is 9.95. The number of carboxylic acid groups (broad SMARTS) is 1. The summed E-state index contributed by atoms with van der Waals surface area (Å²) in [7, 11) is 0. The van der Waals surface area contributed by atoms with Gasteiger partial charge in [-0.05, 0) is 24.7 Å². The Balaban J connectivity index is 1.76. The van der Waals surface area contributed by atoms with Crippen molar-refractivity contribution in [3.8, 4) is 0 Å². The smallest absolute Gasteiger partial charge is 0.307 e. The lowest BCUT2D eigenvalue weighted by Crippen LogP contribution is -2.48. The number of aliphatic carboxylic acids is 1. The number of allylic oxidation sites excluding steroid dienone is 2. The van der Waals surface area contributed by atoms with E-state index in [1.54, 1.807) is 0 Å². The van der Waals surface area contributed by atoms with E-state index in [9.17, 15) is 14.7 Å². The zero-order valence-electron chi connectivity index (χ0n) is 11.7. The summed E-state index contributed by atoms with van der Waals surface area (Å²) in [5.41, 5.74) is 0. The lowest BCUT2D eigenvalue weighted by atomic mass is 9.82. The molecular weight excluding hydrogens is 274 g/mol. The van der Waals surface area contributed by atoms with Gasteiger partial charge >= 0.3 is 5.97 Å². The van der Waals surface area contributed by atoms with Gasteiger partial charge in [0.1, 0.15) is 0 Å². The molecule has 2 aliphatic carbocycles. The highest BCUT2D eigenvalue weighted by atomic mass is 32.2. The molecule has 0 aromatic heterocycles. The summed E-state index contributed by atoms with van der Waals surface area (Å²) in [6.07, 6.45) is 5.96. The molecule has 0 aromatic carbocycles. The molecule has 20 heavy (non-hydrogen) atoms. The molecule has 2 fully saturated rings. The van der Waals surface area contributed by atoms with Crippen LogP contribution in [0.5, 0.6) is 0 Å². The topological polar surface area (TPSA) is 57.6 Å². The molecule has 1 N–H and O–H groups in total. The third kappa shape index (κ3) is 2.26. The number of fused-ring (bicyclic) bond motifs is 2. The Hall–Kier alpha value is -0.970. The van der Waals surface area contributed by atoms with E-state index in [0.717, 1.165) is 31.7 Å². The molecule has 3 rings (SSSR count). The number of carbonyl (C=O) groups excluding carboxylic acids is 1. The molecule has 1 aliphatic heterocycles. The first-order valence-electron chi connectivity index (χ1n) is 7.43. The standard InChI is InChI=1S/C15H21NO3S/c1-2-11-8-16(5-6-20-11)14(17)12-9-3-4-10(7-9)13(12)15(18)19/h3-4,9-13H,2,5-8H2,1H3,(H,18,19)/t9?,10?,11?,12-,13+/m0/s1. The van der Waals surface area contributed by atoms with Crippen LogP contribution in [-0.2, 0) is 9.59 Å². The molecule has 5 atom stereocenters. The quantitative estimate of drug-likeness (QED) is 0.808. The van der Waals surface area contributed by atoms with Gasteiger partial charge < -0.3 is 10.0 Å². The molecular formula is C15H21NO3S. The number of amides is 1. The van der Waals surface area contributed by atoms with Gasteiger partial charge in [0.15, 0.2) is 0 Å². The van der Waals surface area contributed by atoms with Crippen LogP contribution in [-0.4, -0.2) is 46.0 Å². The highest BCUT2D eigenvalue weighted by molar-refractivity contribution is 8.00. The van der Waals surface area contributed by atoms with Crippen molar-refractivity contribution in [3.05, 3.63) is 12.2 Å². The van der Waals surface area contributed by atoms with Gasteiger partial charge in [-0.3, -0.25) is 9.59 Å². The molecule has 5 heteroatoms. The molecule has 0 spiro atoms. The van der Waals surface area contributed by atoms with Gasteiger partial charge in [-0.25, -0.2) is 0 Å². The van der Waals surface area contributed by atoms with E-state index >= 15 is 0 Å².